The molecule has 0 amide bonds. The highest BCUT2D eigenvalue weighted by Gasteiger charge is 2.30. The van der Waals surface area contributed by atoms with Gasteiger partial charge in [0.2, 0.25) is 0 Å². The lowest BCUT2D eigenvalue weighted by Crippen LogP contribution is -2.37. The minimum atomic E-state index is 0.543. The van der Waals surface area contributed by atoms with Crippen molar-refractivity contribution in [3.05, 3.63) is 11.6 Å². The van der Waals surface area contributed by atoms with Crippen LogP contribution in [0.15, 0.2) is 0 Å². The van der Waals surface area contributed by atoms with E-state index in [1.54, 1.807) is 0 Å². The van der Waals surface area contributed by atoms with Crippen molar-refractivity contribution in [2.75, 3.05) is 19.6 Å². The minimum Gasteiger partial charge on any atom is -0.302 e. The highest BCUT2D eigenvalue weighted by atomic mass is 15.2. The van der Waals surface area contributed by atoms with Crippen LogP contribution < -0.4 is 0 Å². The van der Waals surface area contributed by atoms with Gasteiger partial charge in [0.25, 0.3) is 0 Å². The molecule has 1 aliphatic heterocycles. The Labute approximate surface area is 109 Å². The molecule has 4 heteroatoms. The van der Waals surface area contributed by atoms with E-state index in [1.165, 1.54) is 38.8 Å². The molecule has 2 aliphatic rings. The first kappa shape index (κ1) is 12.2. The van der Waals surface area contributed by atoms with Gasteiger partial charge in [0, 0.05) is 24.9 Å². The minimum absolute atomic E-state index is 0.543. The number of nitrogens with zero attached hydrogens (tertiary/aromatic N) is 3. The average molecular weight is 248 g/mol. The van der Waals surface area contributed by atoms with Crippen molar-refractivity contribution in [1.29, 1.82) is 0 Å². The predicted octanol–water partition coefficient (Wildman–Crippen LogP) is 2.52. The number of aromatic amines is 1. The van der Waals surface area contributed by atoms with Gasteiger partial charge >= 0.3 is 0 Å². The van der Waals surface area contributed by atoms with E-state index in [-0.39, 0.29) is 0 Å². The first-order chi connectivity index (χ1) is 8.72. The fourth-order valence-electron chi connectivity index (χ4n) is 2.96. The van der Waals surface area contributed by atoms with E-state index in [9.17, 15) is 0 Å². The molecule has 100 valence electrons. The summed E-state index contributed by atoms with van der Waals surface area (Å²) in [6.07, 6.45) is 5.11. The molecule has 0 spiro atoms. The van der Waals surface area contributed by atoms with Gasteiger partial charge in [-0.2, -0.15) is 5.10 Å². The number of likely N-dealkylation sites (tertiary alicyclic amines) is 1. The summed E-state index contributed by atoms with van der Waals surface area (Å²) in [5.41, 5.74) is 0. The van der Waals surface area contributed by atoms with Crippen LogP contribution in [0.3, 0.4) is 0 Å². The van der Waals surface area contributed by atoms with Crippen molar-refractivity contribution in [1.82, 2.24) is 20.1 Å². The number of nitrogens with one attached hydrogen (secondary N) is 1. The van der Waals surface area contributed by atoms with Crippen LogP contribution in [0.25, 0.3) is 0 Å². The maximum atomic E-state index is 4.72. The van der Waals surface area contributed by atoms with Gasteiger partial charge in [-0.3, -0.25) is 5.10 Å². The van der Waals surface area contributed by atoms with Gasteiger partial charge in [-0.05, 0) is 38.1 Å². The van der Waals surface area contributed by atoms with Gasteiger partial charge in [0.1, 0.15) is 5.82 Å². The highest BCUT2D eigenvalue weighted by Crippen LogP contribution is 2.38. The average Bonchev–Trinajstić information content (AvgIpc) is 3.07. The van der Waals surface area contributed by atoms with Crippen molar-refractivity contribution in [3.8, 4) is 0 Å². The Morgan fingerprint density at radius 2 is 2.11 bits per heavy atom. The first-order valence-corrected chi connectivity index (χ1v) is 7.37. The van der Waals surface area contributed by atoms with Crippen molar-refractivity contribution in [2.24, 2.45) is 5.92 Å². The Bertz CT molecular complexity index is 394. The number of H-pyrrole nitrogens is 1. The first-order valence-electron chi connectivity index (χ1n) is 7.37. The standard InChI is InChI=1S/C14H24N4/c1-10(2)8-18-7-3-4-12(9-18)14-15-13(16-17-14)11-5-6-11/h10-12H,3-9H2,1-2H3,(H,15,16,17). The van der Waals surface area contributed by atoms with Gasteiger partial charge in [0.05, 0.1) is 0 Å². The molecule has 1 aliphatic carbocycles. The summed E-state index contributed by atoms with van der Waals surface area (Å²) in [4.78, 5) is 7.29. The second-order valence-electron chi connectivity index (χ2n) is 6.35. The van der Waals surface area contributed by atoms with Gasteiger partial charge in [-0.25, -0.2) is 4.98 Å². The maximum absolute atomic E-state index is 4.72. The molecule has 3 rings (SSSR count). The van der Waals surface area contributed by atoms with E-state index >= 15 is 0 Å². The van der Waals surface area contributed by atoms with Crippen LogP contribution in [0, 0.1) is 5.92 Å². The zero-order chi connectivity index (χ0) is 12.5. The fraction of sp³-hybridized carbons (Fsp3) is 0.857. The Hall–Kier alpha value is -0.900. The monoisotopic (exact) mass is 248 g/mol. The fourth-order valence-corrected chi connectivity index (χ4v) is 2.96. The Kier molecular flexibility index (Phi) is 3.37. The molecule has 1 saturated heterocycles. The van der Waals surface area contributed by atoms with Crippen LogP contribution in [-0.2, 0) is 0 Å². The van der Waals surface area contributed by atoms with Crippen LogP contribution in [0.1, 0.15) is 63.0 Å². The lowest BCUT2D eigenvalue weighted by molar-refractivity contribution is 0.185. The second kappa shape index (κ2) is 5.00. The van der Waals surface area contributed by atoms with Crippen LogP contribution in [-0.4, -0.2) is 39.7 Å². The summed E-state index contributed by atoms with van der Waals surface area (Å²) < 4.78 is 0. The lowest BCUT2D eigenvalue weighted by atomic mass is 9.96. The highest BCUT2D eigenvalue weighted by molar-refractivity contribution is 5.08. The van der Waals surface area contributed by atoms with Gasteiger partial charge < -0.3 is 4.90 Å². The normalized spacial score (nSPS) is 25.8. The van der Waals surface area contributed by atoms with E-state index < -0.39 is 0 Å². The molecule has 2 heterocycles. The molecule has 2 fully saturated rings. The van der Waals surface area contributed by atoms with Crippen molar-refractivity contribution < 1.29 is 0 Å². The van der Waals surface area contributed by atoms with E-state index in [2.05, 4.69) is 28.9 Å². The molecule has 1 saturated carbocycles. The lowest BCUT2D eigenvalue weighted by Gasteiger charge is -2.32. The molecule has 0 radical (unpaired) electrons. The molecular weight excluding hydrogens is 224 g/mol. The number of aromatic nitrogens is 3. The third-order valence-electron chi connectivity index (χ3n) is 3.98. The van der Waals surface area contributed by atoms with E-state index in [0.717, 1.165) is 24.1 Å². The van der Waals surface area contributed by atoms with E-state index in [1.807, 2.05) is 0 Å². The van der Waals surface area contributed by atoms with E-state index in [0.29, 0.717) is 11.8 Å². The van der Waals surface area contributed by atoms with Gasteiger partial charge in [-0.15, -0.1) is 0 Å². The smallest absolute Gasteiger partial charge is 0.155 e. The van der Waals surface area contributed by atoms with Gasteiger partial charge in [-0.1, -0.05) is 13.8 Å². The third-order valence-corrected chi connectivity index (χ3v) is 3.98. The summed E-state index contributed by atoms with van der Waals surface area (Å²) >= 11 is 0. The summed E-state index contributed by atoms with van der Waals surface area (Å²) in [6.45, 7) is 8.17. The number of piperidine rings is 1. The summed E-state index contributed by atoms with van der Waals surface area (Å²) in [7, 11) is 0. The second-order valence-corrected chi connectivity index (χ2v) is 6.35. The number of rotatable bonds is 4. The Balaban J connectivity index is 1.63. The van der Waals surface area contributed by atoms with Crippen molar-refractivity contribution in [3.63, 3.8) is 0 Å². The molecule has 0 bridgehead atoms. The van der Waals surface area contributed by atoms with Crippen LogP contribution in [0.4, 0.5) is 0 Å². The van der Waals surface area contributed by atoms with E-state index in [4.69, 9.17) is 4.98 Å². The van der Waals surface area contributed by atoms with Crippen LogP contribution in [0.2, 0.25) is 0 Å². The predicted molar refractivity (Wildman–Crippen MR) is 71.6 cm³/mol. The largest absolute Gasteiger partial charge is 0.302 e. The summed E-state index contributed by atoms with van der Waals surface area (Å²) in [5, 5.41) is 7.59. The molecule has 1 aromatic heterocycles. The molecule has 1 N–H and O–H groups in total. The summed E-state index contributed by atoms with van der Waals surface area (Å²) in [6, 6.07) is 0. The molecule has 4 nitrogen and oxygen atoms in total. The van der Waals surface area contributed by atoms with Crippen molar-refractivity contribution in [2.45, 2.75) is 51.4 Å². The Morgan fingerprint density at radius 1 is 1.28 bits per heavy atom. The molecule has 0 aromatic carbocycles. The van der Waals surface area contributed by atoms with Gasteiger partial charge in [0.15, 0.2) is 5.82 Å². The quantitative estimate of drug-likeness (QED) is 0.890. The third kappa shape index (κ3) is 2.74. The van der Waals surface area contributed by atoms with Crippen molar-refractivity contribution >= 4 is 0 Å². The van der Waals surface area contributed by atoms with Crippen LogP contribution in [0.5, 0.6) is 0 Å². The summed E-state index contributed by atoms with van der Waals surface area (Å²) in [5.74, 6) is 4.16. The Morgan fingerprint density at radius 3 is 2.83 bits per heavy atom. The van der Waals surface area contributed by atoms with Crippen LogP contribution >= 0.6 is 0 Å². The molecule has 1 unspecified atom stereocenters. The topological polar surface area (TPSA) is 44.8 Å². The SMILES string of the molecule is CC(C)CN1CCCC(c2n[nH]c(C3CC3)n2)C1. The maximum Gasteiger partial charge on any atom is 0.155 e. The zero-order valence-electron chi connectivity index (χ0n) is 11.5. The molecule has 1 atom stereocenters. The molecular formula is C14H24N4. The molecule has 18 heavy (non-hydrogen) atoms. The zero-order valence-corrected chi connectivity index (χ0v) is 11.5. The number of hydrogen-bond acceptors (Lipinski definition) is 3. The number of hydrogen-bond donors (Lipinski definition) is 1. The molecule has 1 aromatic rings.